The second kappa shape index (κ2) is 6.66. The lowest BCUT2D eigenvalue weighted by molar-refractivity contribution is 0.258. The van der Waals surface area contributed by atoms with Gasteiger partial charge in [0.2, 0.25) is 5.28 Å². The van der Waals surface area contributed by atoms with Crippen molar-refractivity contribution in [2.75, 3.05) is 18.5 Å². The third kappa shape index (κ3) is 4.33. The van der Waals surface area contributed by atoms with E-state index in [4.69, 9.17) is 16.7 Å². The van der Waals surface area contributed by atoms with Crippen molar-refractivity contribution in [1.82, 2.24) is 9.97 Å². The van der Waals surface area contributed by atoms with Crippen LogP contribution >= 0.6 is 11.6 Å². The molecule has 0 aliphatic rings. The van der Waals surface area contributed by atoms with Crippen LogP contribution in [0.25, 0.3) is 0 Å². The maximum absolute atomic E-state index is 8.88. The predicted octanol–water partition coefficient (Wildman–Crippen LogP) is 2.26. The lowest BCUT2D eigenvalue weighted by atomic mass is 10.0. The molecule has 0 fully saturated rings. The molecule has 0 aliphatic carbocycles. The van der Waals surface area contributed by atoms with Gasteiger partial charge in [0.25, 0.3) is 0 Å². The van der Waals surface area contributed by atoms with Gasteiger partial charge in [-0.15, -0.1) is 0 Å². The number of aliphatic hydroxyl groups is 1. The third-order valence-electron chi connectivity index (χ3n) is 2.51. The second-order valence-corrected chi connectivity index (χ2v) is 4.17. The van der Waals surface area contributed by atoms with Crippen molar-refractivity contribution < 1.29 is 5.11 Å². The van der Waals surface area contributed by atoms with Gasteiger partial charge in [-0.2, -0.15) is 0 Å². The Bertz CT molecular complexity index is 313. The van der Waals surface area contributed by atoms with Crippen LogP contribution in [0, 0.1) is 12.8 Å². The molecular weight excluding hydrogens is 226 g/mol. The van der Waals surface area contributed by atoms with E-state index in [-0.39, 0.29) is 11.9 Å². The number of hydrogen-bond acceptors (Lipinski definition) is 4. The van der Waals surface area contributed by atoms with E-state index in [9.17, 15) is 0 Å². The fourth-order valence-electron chi connectivity index (χ4n) is 1.50. The average molecular weight is 244 g/mol. The fourth-order valence-corrected chi connectivity index (χ4v) is 1.73. The van der Waals surface area contributed by atoms with Gasteiger partial charge in [0.1, 0.15) is 5.82 Å². The molecule has 1 rings (SSSR count). The van der Waals surface area contributed by atoms with Gasteiger partial charge < -0.3 is 10.4 Å². The fraction of sp³-hybridized carbons (Fsp3) is 0.636. The normalized spacial score (nSPS) is 12.5. The summed E-state index contributed by atoms with van der Waals surface area (Å²) < 4.78 is 0. The molecule has 0 amide bonds. The van der Waals surface area contributed by atoms with Gasteiger partial charge in [0.05, 0.1) is 0 Å². The maximum Gasteiger partial charge on any atom is 0.224 e. The first-order chi connectivity index (χ1) is 7.65. The zero-order chi connectivity index (χ0) is 12.0. The van der Waals surface area contributed by atoms with Crippen LogP contribution in [0.5, 0.6) is 0 Å². The highest BCUT2D eigenvalue weighted by molar-refractivity contribution is 6.28. The van der Waals surface area contributed by atoms with Crippen molar-refractivity contribution in [2.24, 2.45) is 5.92 Å². The van der Waals surface area contributed by atoms with Crippen molar-refractivity contribution in [3.05, 3.63) is 17.0 Å². The summed E-state index contributed by atoms with van der Waals surface area (Å²) in [4.78, 5) is 8.07. The number of anilines is 1. The van der Waals surface area contributed by atoms with Crippen molar-refractivity contribution >= 4 is 17.4 Å². The number of halogens is 1. The SMILES string of the molecule is CCC(CCO)CNc1cc(C)nc(Cl)n1. The first kappa shape index (κ1) is 13.2. The van der Waals surface area contributed by atoms with Crippen molar-refractivity contribution in [2.45, 2.75) is 26.7 Å². The molecule has 0 spiro atoms. The van der Waals surface area contributed by atoms with E-state index in [2.05, 4.69) is 22.2 Å². The Hall–Kier alpha value is -0.870. The topological polar surface area (TPSA) is 58.0 Å². The van der Waals surface area contributed by atoms with Gasteiger partial charge >= 0.3 is 0 Å². The van der Waals surface area contributed by atoms with Crippen LogP contribution in [0.1, 0.15) is 25.5 Å². The van der Waals surface area contributed by atoms with E-state index in [0.717, 1.165) is 30.9 Å². The lowest BCUT2D eigenvalue weighted by Gasteiger charge is -2.14. The summed E-state index contributed by atoms with van der Waals surface area (Å²) in [6.07, 6.45) is 1.84. The summed E-state index contributed by atoms with van der Waals surface area (Å²) in [7, 11) is 0. The molecular formula is C11H18ClN3O. The summed E-state index contributed by atoms with van der Waals surface area (Å²) in [5.41, 5.74) is 0.845. The summed E-state index contributed by atoms with van der Waals surface area (Å²) in [5, 5.41) is 12.4. The van der Waals surface area contributed by atoms with E-state index in [1.54, 1.807) is 0 Å². The van der Waals surface area contributed by atoms with Crippen LogP contribution in [-0.2, 0) is 0 Å². The molecule has 90 valence electrons. The number of nitrogens with one attached hydrogen (secondary N) is 1. The molecule has 1 aromatic heterocycles. The molecule has 2 N–H and O–H groups in total. The number of aryl methyl sites for hydroxylation is 1. The lowest BCUT2D eigenvalue weighted by Crippen LogP contribution is -2.15. The first-order valence-corrected chi connectivity index (χ1v) is 5.89. The summed E-state index contributed by atoms with van der Waals surface area (Å²) in [6.45, 7) is 5.01. The minimum Gasteiger partial charge on any atom is -0.396 e. The van der Waals surface area contributed by atoms with Crippen LogP contribution in [0.2, 0.25) is 5.28 Å². The van der Waals surface area contributed by atoms with Crippen LogP contribution in [0.15, 0.2) is 6.07 Å². The molecule has 0 bridgehead atoms. The van der Waals surface area contributed by atoms with Gasteiger partial charge in [-0.1, -0.05) is 13.3 Å². The van der Waals surface area contributed by atoms with Crippen LogP contribution in [0.3, 0.4) is 0 Å². The minimum absolute atomic E-state index is 0.226. The Morgan fingerprint density at radius 3 is 2.81 bits per heavy atom. The highest BCUT2D eigenvalue weighted by atomic mass is 35.5. The van der Waals surface area contributed by atoms with Gasteiger partial charge in [-0.3, -0.25) is 0 Å². The Morgan fingerprint density at radius 2 is 2.25 bits per heavy atom. The number of aliphatic hydroxyl groups excluding tert-OH is 1. The zero-order valence-corrected chi connectivity index (χ0v) is 10.5. The molecule has 16 heavy (non-hydrogen) atoms. The maximum atomic E-state index is 8.88. The molecule has 0 saturated heterocycles. The predicted molar refractivity (Wildman–Crippen MR) is 65.8 cm³/mol. The molecule has 1 unspecified atom stereocenters. The molecule has 0 aliphatic heterocycles. The highest BCUT2D eigenvalue weighted by Crippen LogP contribution is 2.12. The first-order valence-electron chi connectivity index (χ1n) is 5.51. The van der Waals surface area contributed by atoms with Gasteiger partial charge in [-0.05, 0) is 30.9 Å². The van der Waals surface area contributed by atoms with E-state index in [1.165, 1.54) is 0 Å². The van der Waals surface area contributed by atoms with E-state index in [0.29, 0.717) is 5.92 Å². The summed E-state index contributed by atoms with van der Waals surface area (Å²) >= 11 is 5.76. The smallest absolute Gasteiger partial charge is 0.224 e. The number of rotatable bonds is 6. The Balaban J connectivity index is 2.52. The zero-order valence-electron chi connectivity index (χ0n) is 9.70. The quantitative estimate of drug-likeness (QED) is 0.753. The van der Waals surface area contributed by atoms with E-state index >= 15 is 0 Å². The Labute approximate surface area is 101 Å². The molecule has 0 saturated carbocycles. The average Bonchev–Trinajstić information content (AvgIpc) is 2.23. The van der Waals surface area contributed by atoms with Crippen LogP contribution in [0.4, 0.5) is 5.82 Å². The van der Waals surface area contributed by atoms with Crippen LogP contribution in [-0.4, -0.2) is 28.2 Å². The molecule has 4 nitrogen and oxygen atoms in total. The number of nitrogens with zero attached hydrogens (tertiary/aromatic N) is 2. The monoisotopic (exact) mass is 243 g/mol. The van der Waals surface area contributed by atoms with Gasteiger partial charge in [0.15, 0.2) is 0 Å². The molecule has 1 heterocycles. The number of aromatic nitrogens is 2. The van der Waals surface area contributed by atoms with E-state index in [1.807, 2.05) is 13.0 Å². The molecule has 1 aromatic rings. The summed E-state index contributed by atoms with van der Waals surface area (Å²) in [6, 6.07) is 1.86. The molecule has 0 radical (unpaired) electrons. The Kier molecular flexibility index (Phi) is 5.49. The largest absolute Gasteiger partial charge is 0.396 e. The highest BCUT2D eigenvalue weighted by Gasteiger charge is 2.06. The summed E-state index contributed by atoms with van der Waals surface area (Å²) in [5.74, 6) is 1.20. The van der Waals surface area contributed by atoms with Crippen molar-refractivity contribution in [3.63, 3.8) is 0 Å². The Morgan fingerprint density at radius 1 is 1.50 bits per heavy atom. The third-order valence-corrected chi connectivity index (χ3v) is 2.68. The van der Waals surface area contributed by atoms with E-state index < -0.39 is 0 Å². The van der Waals surface area contributed by atoms with Gasteiger partial charge in [0, 0.05) is 24.9 Å². The molecule has 1 atom stereocenters. The number of hydrogen-bond donors (Lipinski definition) is 2. The second-order valence-electron chi connectivity index (χ2n) is 3.83. The molecule has 0 aromatic carbocycles. The van der Waals surface area contributed by atoms with Crippen molar-refractivity contribution in [1.29, 1.82) is 0 Å². The molecule has 5 heteroatoms. The van der Waals surface area contributed by atoms with Gasteiger partial charge in [-0.25, -0.2) is 9.97 Å². The van der Waals surface area contributed by atoms with Crippen LogP contribution < -0.4 is 5.32 Å². The minimum atomic E-state index is 0.226. The standard InChI is InChI=1S/C11H18ClN3O/c1-3-9(4-5-16)7-13-10-6-8(2)14-11(12)15-10/h6,9,16H,3-5,7H2,1-2H3,(H,13,14,15). The van der Waals surface area contributed by atoms with Crippen molar-refractivity contribution in [3.8, 4) is 0 Å².